The molecule has 1 amide bonds. The molecule has 0 aliphatic carbocycles. The lowest BCUT2D eigenvalue weighted by molar-refractivity contribution is 0.0790. The minimum absolute atomic E-state index is 0.0292. The van der Waals surface area contributed by atoms with Crippen LogP contribution in [0.3, 0.4) is 0 Å². The maximum atomic E-state index is 12.6. The Morgan fingerprint density at radius 2 is 2.10 bits per heavy atom. The number of nitrogens with zero attached hydrogens (tertiary/aromatic N) is 3. The fraction of sp³-hybridized carbons (Fsp3) is 0.318. The van der Waals surface area contributed by atoms with Crippen LogP contribution in [0, 0.1) is 0 Å². The molecule has 3 heterocycles. The number of nitrogens with one attached hydrogen (secondary N) is 1. The Morgan fingerprint density at radius 1 is 1.24 bits per heavy atom. The predicted molar refractivity (Wildman–Crippen MR) is 108 cm³/mol. The van der Waals surface area contributed by atoms with Crippen LogP contribution in [-0.4, -0.2) is 52.8 Å². The molecule has 1 N–H and O–H groups in total. The van der Waals surface area contributed by atoms with Crippen LogP contribution in [0.5, 0.6) is 11.5 Å². The molecule has 1 fully saturated rings. The van der Waals surface area contributed by atoms with E-state index < -0.39 is 0 Å². The van der Waals surface area contributed by atoms with Gasteiger partial charge in [0.05, 0.1) is 25.0 Å². The van der Waals surface area contributed by atoms with E-state index in [4.69, 9.17) is 9.47 Å². The van der Waals surface area contributed by atoms with Crippen molar-refractivity contribution >= 4 is 5.91 Å². The predicted octanol–water partition coefficient (Wildman–Crippen LogP) is 3.06. The van der Waals surface area contributed by atoms with Gasteiger partial charge in [-0.2, -0.15) is 5.10 Å². The highest BCUT2D eigenvalue weighted by molar-refractivity contribution is 5.94. The molecule has 0 bridgehead atoms. The van der Waals surface area contributed by atoms with E-state index in [1.54, 1.807) is 31.6 Å². The maximum Gasteiger partial charge on any atom is 0.255 e. The molecule has 1 aliphatic heterocycles. The first-order valence-electron chi connectivity index (χ1n) is 9.74. The second-order valence-corrected chi connectivity index (χ2v) is 7.05. The zero-order chi connectivity index (χ0) is 20.1. The third-order valence-corrected chi connectivity index (χ3v) is 5.15. The minimum atomic E-state index is 0.0292. The van der Waals surface area contributed by atoms with Gasteiger partial charge in [0, 0.05) is 43.5 Å². The average molecular weight is 392 g/mol. The quantitative estimate of drug-likeness (QED) is 0.668. The van der Waals surface area contributed by atoms with Gasteiger partial charge in [-0.15, -0.1) is 0 Å². The molecule has 29 heavy (non-hydrogen) atoms. The molecule has 0 unspecified atom stereocenters. The number of benzene rings is 1. The fourth-order valence-electron chi connectivity index (χ4n) is 3.58. The highest BCUT2D eigenvalue weighted by Gasteiger charge is 2.29. The molecule has 0 saturated carbocycles. The number of ether oxygens (including phenoxy) is 2. The Bertz CT molecular complexity index is 957. The van der Waals surface area contributed by atoms with Gasteiger partial charge >= 0.3 is 0 Å². The summed E-state index contributed by atoms with van der Waals surface area (Å²) in [6.45, 7) is 1.94. The van der Waals surface area contributed by atoms with Crippen LogP contribution in [0.15, 0.2) is 54.9 Å². The number of hydrogen-bond acceptors (Lipinski definition) is 5. The van der Waals surface area contributed by atoms with Gasteiger partial charge in [0.2, 0.25) is 0 Å². The van der Waals surface area contributed by atoms with Crippen LogP contribution in [-0.2, 0) is 6.42 Å². The van der Waals surface area contributed by atoms with Crippen molar-refractivity contribution in [3.05, 3.63) is 71.8 Å². The number of carbonyl (C=O) groups is 1. The first-order valence-corrected chi connectivity index (χ1v) is 9.74. The molecule has 1 aliphatic rings. The highest BCUT2D eigenvalue weighted by Crippen LogP contribution is 2.28. The van der Waals surface area contributed by atoms with Crippen molar-refractivity contribution in [2.75, 3.05) is 26.8 Å². The molecule has 1 aromatic carbocycles. The molecule has 1 saturated heterocycles. The molecule has 2 aromatic heterocycles. The molecular formula is C22H24N4O3. The number of rotatable bonds is 7. The van der Waals surface area contributed by atoms with Crippen molar-refractivity contribution in [3.63, 3.8) is 0 Å². The van der Waals surface area contributed by atoms with E-state index in [1.807, 2.05) is 29.2 Å². The van der Waals surface area contributed by atoms with Gasteiger partial charge in [0.15, 0.2) is 11.5 Å². The van der Waals surface area contributed by atoms with Crippen molar-refractivity contribution < 1.29 is 14.3 Å². The van der Waals surface area contributed by atoms with Crippen LogP contribution in [0.4, 0.5) is 0 Å². The number of aromatic amines is 1. The van der Waals surface area contributed by atoms with Crippen LogP contribution in [0.1, 0.15) is 34.1 Å². The van der Waals surface area contributed by atoms with Crippen molar-refractivity contribution in [3.8, 4) is 11.5 Å². The number of amides is 1. The zero-order valence-electron chi connectivity index (χ0n) is 16.4. The Labute approximate surface area is 169 Å². The van der Waals surface area contributed by atoms with Crippen molar-refractivity contribution in [2.24, 2.45) is 0 Å². The summed E-state index contributed by atoms with van der Waals surface area (Å²) >= 11 is 0. The van der Waals surface area contributed by atoms with E-state index in [9.17, 15) is 4.79 Å². The number of para-hydroxylation sites is 2. The monoisotopic (exact) mass is 392 g/mol. The number of hydrogen-bond donors (Lipinski definition) is 1. The fourth-order valence-corrected chi connectivity index (χ4v) is 3.58. The Morgan fingerprint density at radius 3 is 2.90 bits per heavy atom. The molecule has 0 spiro atoms. The lowest BCUT2D eigenvalue weighted by atomic mass is 10.0. The van der Waals surface area contributed by atoms with E-state index in [-0.39, 0.29) is 11.8 Å². The summed E-state index contributed by atoms with van der Waals surface area (Å²) in [7, 11) is 1.63. The Hall–Kier alpha value is -3.35. The molecule has 3 aromatic rings. The van der Waals surface area contributed by atoms with Gasteiger partial charge in [-0.05, 0) is 36.8 Å². The van der Waals surface area contributed by atoms with Crippen molar-refractivity contribution in [1.82, 2.24) is 20.1 Å². The largest absolute Gasteiger partial charge is 0.493 e. The van der Waals surface area contributed by atoms with Gasteiger partial charge in [-0.3, -0.25) is 14.9 Å². The smallest absolute Gasteiger partial charge is 0.255 e. The number of likely N-dealkylation sites (tertiary alicyclic amines) is 1. The van der Waals surface area contributed by atoms with Crippen LogP contribution < -0.4 is 9.47 Å². The van der Waals surface area contributed by atoms with E-state index >= 15 is 0 Å². The molecule has 7 heteroatoms. The Kier molecular flexibility index (Phi) is 5.74. The van der Waals surface area contributed by atoms with Gasteiger partial charge in [0.25, 0.3) is 5.91 Å². The maximum absolute atomic E-state index is 12.6. The molecule has 7 nitrogen and oxygen atoms in total. The van der Waals surface area contributed by atoms with Gasteiger partial charge in [-0.25, -0.2) is 0 Å². The van der Waals surface area contributed by atoms with Gasteiger partial charge < -0.3 is 14.4 Å². The number of H-pyrrole nitrogens is 1. The normalized spacial score (nSPS) is 16.0. The Balaban J connectivity index is 1.31. The van der Waals surface area contributed by atoms with E-state index in [0.717, 1.165) is 42.3 Å². The summed E-state index contributed by atoms with van der Waals surface area (Å²) in [5, 5.41) is 7.57. The van der Waals surface area contributed by atoms with Crippen LogP contribution in [0.25, 0.3) is 0 Å². The first-order chi connectivity index (χ1) is 14.2. The number of methoxy groups -OCH3 is 1. The van der Waals surface area contributed by atoms with Gasteiger partial charge in [0.1, 0.15) is 0 Å². The van der Waals surface area contributed by atoms with E-state index in [0.29, 0.717) is 18.7 Å². The second kappa shape index (κ2) is 8.77. The van der Waals surface area contributed by atoms with Crippen molar-refractivity contribution in [2.45, 2.75) is 18.8 Å². The SMILES string of the molecule is COc1ccccc1OCCc1cc([C@@H]2CCN(C(=O)c3cccnc3)C2)n[nH]1. The standard InChI is InChI=1S/C22H24N4O3/c1-28-20-6-2-3-7-21(20)29-12-9-18-13-19(25-24-18)17-8-11-26(15-17)22(27)16-5-4-10-23-14-16/h2-7,10,13-14,17H,8-9,11-12,15H2,1H3,(H,24,25)/t17-/m1/s1. The summed E-state index contributed by atoms with van der Waals surface area (Å²) in [4.78, 5) is 18.5. The molecule has 150 valence electrons. The third kappa shape index (κ3) is 4.39. The summed E-state index contributed by atoms with van der Waals surface area (Å²) in [5.41, 5.74) is 2.65. The topological polar surface area (TPSA) is 80.3 Å². The summed E-state index contributed by atoms with van der Waals surface area (Å²) in [6, 6.07) is 13.3. The summed E-state index contributed by atoms with van der Waals surface area (Å²) < 4.78 is 11.1. The minimum Gasteiger partial charge on any atom is -0.493 e. The summed E-state index contributed by atoms with van der Waals surface area (Å²) in [6.07, 6.45) is 4.92. The molecular weight excluding hydrogens is 368 g/mol. The lowest BCUT2D eigenvalue weighted by Crippen LogP contribution is -2.28. The first kappa shape index (κ1) is 19.0. The molecule has 4 rings (SSSR count). The lowest BCUT2D eigenvalue weighted by Gasteiger charge is -2.15. The van der Waals surface area contributed by atoms with E-state index in [1.165, 1.54) is 0 Å². The molecule has 0 radical (unpaired) electrons. The van der Waals surface area contributed by atoms with Crippen molar-refractivity contribution in [1.29, 1.82) is 0 Å². The summed E-state index contributed by atoms with van der Waals surface area (Å²) in [5.74, 6) is 1.73. The van der Waals surface area contributed by atoms with E-state index in [2.05, 4.69) is 21.2 Å². The van der Waals surface area contributed by atoms with Crippen LogP contribution >= 0.6 is 0 Å². The highest BCUT2D eigenvalue weighted by atomic mass is 16.5. The average Bonchev–Trinajstić information content (AvgIpc) is 3.44. The number of aromatic nitrogens is 3. The number of pyridine rings is 1. The number of carbonyl (C=O) groups excluding carboxylic acids is 1. The third-order valence-electron chi connectivity index (χ3n) is 5.15. The zero-order valence-corrected chi connectivity index (χ0v) is 16.4. The van der Waals surface area contributed by atoms with Crippen LogP contribution in [0.2, 0.25) is 0 Å². The van der Waals surface area contributed by atoms with Gasteiger partial charge in [-0.1, -0.05) is 12.1 Å². The second-order valence-electron chi connectivity index (χ2n) is 7.05. The molecule has 1 atom stereocenters.